The van der Waals surface area contributed by atoms with Gasteiger partial charge in [0, 0.05) is 0 Å². The Kier molecular flexibility index (Phi) is 4.21. The van der Waals surface area contributed by atoms with Crippen LogP contribution in [-0.4, -0.2) is 0 Å². The number of hydrogen-bond donors (Lipinski definition) is 0. The van der Waals surface area contributed by atoms with Crippen LogP contribution in [0.1, 0.15) is 16.7 Å². The summed E-state index contributed by atoms with van der Waals surface area (Å²) in [6.07, 6.45) is 0. The molecule has 0 saturated carbocycles. The molecule has 0 heterocycles. The quantitative estimate of drug-likeness (QED) is 0.274. The van der Waals surface area contributed by atoms with E-state index in [1.165, 1.54) is 60.5 Å². The highest BCUT2D eigenvalue weighted by molar-refractivity contribution is 6.21. The van der Waals surface area contributed by atoms with E-state index in [0.717, 1.165) is 0 Å². The Bertz CT molecular complexity index is 1300. The summed E-state index contributed by atoms with van der Waals surface area (Å²) in [6.45, 7) is 6.52. The highest BCUT2D eigenvalue weighted by atomic mass is 14.2. The fourth-order valence-electron chi connectivity index (χ4n) is 4.54. The maximum atomic E-state index is 2.28. The normalized spacial score (nSPS) is 11.3. The molecule has 0 heteroatoms. The Hall–Kier alpha value is -3.38. The van der Waals surface area contributed by atoms with Gasteiger partial charge in [-0.2, -0.15) is 0 Å². The summed E-state index contributed by atoms with van der Waals surface area (Å²) in [5.74, 6) is 0. The van der Waals surface area contributed by atoms with Gasteiger partial charge in [0.1, 0.15) is 0 Å². The topological polar surface area (TPSA) is 0 Å². The molecule has 0 N–H and O–H groups in total. The minimum Gasteiger partial charge on any atom is -0.0616 e. The Labute approximate surface area is 172 Å². The summed E-state index contributed by atoms with van der Waals surface area (Å²) in [5, 5.41) is 5.25. The molecule has 0 aliphatic rings. The van der Waals surface area contributed by atoms with Gasteiger partial charge in [0.15, 0.2) is 0 Å². The minimum absolute atomic E-state index is 1.27. The van der Waals surface area contributed by atoms with Crippen LogP contribution in [0.4, 0.5) is 0 Å². The maximum Gasteiger partial charge on any atom is -0.00237 e. The van der Waals surface area contributed by atoms with Crippen LogP contribution in [0.5, 0.6) is 0 Å². The van der Waals surface area contributed by atoms with Crippen molar-refractivity contribution in [2.45, 2.75) is 20.8 Å². The van der Waals surface area contributed by atoms with Crippen LogP contribution in [0.25, 0.3) is 43.8 Å². The molecule has 0 atom stereocenters. The lowest BCUT2D eigenvalue weighted by molar-refractivity contribution is 1.39. The second-order valence-electron chi connectivity index (χ2n) is 8.03. The number of fused-ring (bicyclic) bond motifs is 2. The molecule has 0 saturated heterocycles. The van der Waals surface area contributed by atoms with Gasteiger partial charge in [0.05, 0.1) is 0 Å². The van der Waals surface area contributed by atoms with Crippen molar-refractivity contribution in [3.8, 4) is 22.3 Å². The summed E-state index contributed by atoms with van der Waals surface area (Å²) in [6, 6.07) is 33.4. The van der Waals surface area contributed by atoms with Crippen molar-refractivity contribution in [2.24, 2.45) is 0 Å². The third-order valence-corrected chi connectivity index (χ3v) is 5.92. The lowest BCUT2D eigenvalue weighted by Crippen LogP contribution is -1.92. The molecule has 140 valence electrons. The maximum absolute atomic E-state index is 2.28. The molecule has 0 fully saturated rings. The number of rotatable bonds is 2. The largest absolute Gasteiger partial charge is 0.0616 e. The molecular formula is C29H24. The van der Waals surface area contributed by atoms with Gasteiger partial charge in [0.25, 0.3) is 0 Å². The fraction of sp³-hybridized carbons (Fsp3) is 0.103. The highest BCUT2D eigenvalue weighted by Crippen LogP contribution is 2.44. The standard InChI is InChI=1S/C29H24/c1-19-12-15-22(16-13-19)28-24-8-4-6-10-26(24)29(27-11-7-5-9-25(27)28)23-17-14-20(2)18-21(23)3/h4-18H,1-3H3. The monoisotopic (exact) mass is 372 g/mol. The van der Waals surface area contributed by atoms with E-state index in [0.29, 0.717) is 0 Å². The average molecular weight is 373 g/mol. The molecule has 0 amide bonds. The summed E-state index contributed by atoms with van der Waals surface area (Å²) in [7, 11) is 0. The second-order valence-corrected chi connectivity index (χ2v) is 8.03. The molecule has 5 aromatic carbocycles. The SMILES string of the molecule is Cc1ccc(-c2c3ccccc3c(-c3ccc(C)cc3C)c3ccccc23)cc1. The molecule has 29 heavy (non-hydrogen) atoms. The lowest BCUT2D eigenvalue weighted by Gasteiger charge is -2.19. The van der Waals surface area contributed by atoms with E-state index in [1.54, 1.807) is 0 Å². The lowest BCUT2D eigenvalue weighted by atomic mass is 9.84. The van der Waals surface area contributed by atoms with Gasteiger partial charge in [-0.3, -0.25) is 0 Å². The molecule has 0 aliphatic heterocycles. The molecule has 0 aromatic heterocycles. The first-order chi connectivity index (χ1) is 14.1. The Morgan fingerprint density at radius 1 is 0.448 bits per heavy atom. The zero-order valence-electron chi connectivity index (χ0n) is 17.2. The molecule has 0 radical (unpaired) electrons. The van der Waals surface area contributed by atoms with Crippen molar-refractivity contribution in [3.63, 3.8) is 0 Å². The molecule has 0 spiro atoms. The third-order valence-electron chi connectivity index (χ3n) is 5.92. The van der Waals surface area contributed by atoms with Gasteiger partial charge in [-0.15, -0.1) is 0 Å². The van der Waals surface area contributed by atoms with E-state index in [9.17, 15) is 0 Å². The van der Waals surface area contributed by atoms with Crippen molar-refractivity contribution in [1.82, 2.24) is 0 Å². The average Bonchev–Trinajstić information content (AvgIpc) is 2.73. The first-order valence-corrected chi connectivity index (χ1v) is 10.2. The molecule has 0 aliphatic carbocycles. The van der Waals surface area contributed by atoms with E-state index in [2.05, 4.69) is 112 Å². The molecule has 0 nitrogen and oxygen atoms in total. The summed E-state index contributed by atoms with van der Waals surface area (Å²) in [4.78, 5) is 0. The zero-order chi connectivity index (χ0) is 20.0. The van der Waals surface area contributed by atoms with Crippen LogP contribution in [0.3, 0.4) is 0 Å². The van der Waals surface area contributed by atoms with E-state index < -0.39 is 0 Å². The Balaban J connectivity index is 1.98. The number of hydrogen-bond acceptors (Lipinski definition) is 0. The second kappa shape index (κ2) is 6.90. The fourth-order valence-corrected chi connectivity index (χ4v) is 4.54. The van der Waals surface area contributed by atoms with Crippen LogP contribution in [0.2, 0.25) is 0 Å². The van der Waals surface area contributed by atoms with Crippen LogP contribution in [0.15, 0.2) is 91.0 Å². The molecule has 5 rings (SSSR count). The van der Waals surface area contributed by atoms with Crippen LogP contribution in [0, 0.1) is 20.8 Å². The smallest absolute Gasteiger partial charge is 0.00237 e. The van der Waals surface area contributed by atoms with E-state index in [1.807, 2.05) is 0 Å². The van der Waals surface area contributed by atoms with Gasteiger partial charge >= 0.3 is 0 Å². The first-order valence-electron chi connectivity index (χ1n) is 10.2. The van der Waals surface area contributed by atoms with Crippen molar-refractivity contribution in [1.29, 1.82) is 0 Å². The van der Waals surface area contributed by atoms with Crippen molar-refractivity contribution in [3.05, 3.63) is 108 Å². The summed E-state index contributed by atoms with van der Waals surface area (Å²) in [5.41, 5.74) is 9.16. The van der Waals surface area contributed by atoms with Gasteiger partial charge < -0.3 is 0 Å². The zero-order valence-corrected chi connectivity index (χ0v) is 17.2. The third kappa shape index (κ3) is 2.93. The van der Waals surface area contributed by atoms with Gasteiger partial charge in [-0.1, -0.05) is 102 Å². The Morgan fingerprint density at radius 3 is 1.45 bits per heavy atom. The van der Waals surface area contributed by atoms with E-state index in [4.69, 9.17) is 0 Å². The first kappa shape index (κ1) is 17.7. The van der Waals surface area contributed by atoms with Gasteiger partial charge in [-0.25, -0.2) is 0 Å². The van der Waals surface area contributed by atoms with E-state index >= 15 is 0 Å². The number of aryl methyl sites for hydroxylation is 3. The highest BCUT2D eigenvalue weighted by Gasteiger charge is 2.17. The number of benzene rings is 5. The van der Waals surface area contributed by atoms with Crippen molar-refractivity contribution in [2.75, 3.05) is 0 Å². The summed E-state index contributed by atoms with van der Waals surface area (Å²) < 4.78 is 0. The van der Waals surface area contributed by atoms with E-state index in [-0.39, 0.29) is 0 Å². The minimum atomic E-state index is 1.27. The molecule has 5 aromatic rings. The Morgan fingerprint density at radius 2 is 0.931 bits per heavy atom. The summed E-state index contributed by atoms with van der Waals surface area (Å²) >= 11 is 0. The van der Waals surface area contributed by atoms with Crippen molar-refractivity contribution >= 4 is 21.5 Å². The van der Waals surface area contributed by atoms with Crippen LogP contribution in [-0.2, 0) is 0 Å². The molecule has 0 bridgehead atoms. The van der Waals surface area contributed by atoms with Crippen LogP contribution < -0.4 is 0 Å². The molecule has 0 unspecified atom stereocenters. The molecular weight excluding hydrogens is 348 g/mol. The van der Waals surface area contributed by atoms with Crippen molar-refractivity contribution < 1.29 is 0 Å². The van der Waals surface area contributed by atoms with Crippen LogP contribution >= 0.6 is 0 Å². The van der Waals surface area contributed by atoms with Gasteiger partial charge in [0.2, 0.25) is 0 Å². The predicted octanol–water partition coefficient (Wildman–Crippen LogP) is 8.25. The predicted molar refractivity (Wildman–Crippen MR) is 127 cm³/mol. The van der Waals surface area contributed by atoms with Gasteiger partial charge in [-0.05, 0) is 70.1 Å².